The molecule has 4 nitrogen and oxygen atoms in total. The van der Waals surface area contributed by atoms with Gasteiger partial charge in [0.15, 0.2) is 0 Å². The average molecular weight is 275 g/mol. The second kappa shape index (κ2) is 5.88. The van der Waals surface area contributed by atoms with Crippen molar-refractivity contribution in [2.24, 2.45) is 5.73 Å². The fourth-order valence-electron chi connectivity index (χ4n) is 2.32. The third-order valence-corrected chi connectivity index (χ3v) is 3.24. The maximum Gasteiger partial charge on any atom is 0.231 e. The Hall–Kier alpha value is -2.14. The van der Waals surface area contributed by atoms with E-state index in [9.17, 15) is 9.18 Å². The molecule has 1 heterocycles. The Morgan fingerprint density at radius 3 is 2.55 bits per heavy atom. The van der Waals surface area contributed by atoms with Crippen molar-refractivity contribution in [1.29, 1.82) is 0 Å². The van der Waals surface area contributed by atoms with Crippen LogP contribution in [0.15, 0.2) is 30.3 Å². The zero-order valence-corrected chi connectivity index (χ0v) is 11.6. The summed E-state index contributed by atoms with van der Waals surface area (Å²) >= 11 is 0. The van der Waals surface area contributed by atoms with E-state index in [4.69, 9.17) is 5.73 Å². The van der Waals surface area contributed by atoms with E-state index in [0.717, 1.165) is 22.6 Å². The largest absolute Gasteiger partial charge is 0.369 e. The van der Waals surface area contributed by atoms with Crippen molar-refractivity contribution < 1.29 is 9.18 Å². The van der Waals surface area contributed by atoms with Crippen LogP contribution in [-0.4, -0.2) is 17.0 Å². The Morgan fingerprint density at radius 1 is 1.30 bits per heavy atom. The molecule has 0 bridgehead atoms. The van der Waals surface area contributed by atoms with E-state index < -0.39 is 0 Å². The molecule has 0 saturated carbocycles. The van der Waals surface area contributed by atoms with Crippen LogP contribution < -0.4 is 11.1 Å². The van der Waals surface area contributed by atoms with Crippen LogP contribution in [0.5, 0.6) is 0 Å². The Balaban J connectivity index is 2.24. The minimum absolute atomic E-state index is 0.153. The molecule has 0 aliphatic rings. The molecule has 1 amide bonds. The maximum atomic E-state index is 13.0. The molecule has 1 aromatic heterocycles. The van der Waals surface area contributed by atoms with Crippen molar-refractivity contribution in [3.05, 3.63) is 53.1 Å². The molecule has 106 valence electrons. The summed E-state index contributed by atoms with van der Waals surface area (Å²) in [5, 5.41) is 3.00. The number of nitrogens with zero attached hydrogens (tertiary/aromatic N) is 1. The average Bonchev–Trinajstić information content (AvgIpc) is 2.66. The lowest BCUT2D eigenvalue weighted by Gasteiger charge is -2.10. The second-order valence-corrected chi connectivity index (χ2v) is 4.78. The molecule has 20 heavy (non-hydrogen) atoms. The van der Waals surface area contributed by atoms with E-state index in [0.29, 0.717) is 6.54 Å². The fourth-order valence-corrected chi connectivity index (χ4v) is 2.32. The fraction of sp³-hybridized carbons (Fsp3) is 0.267. The van der Waals surface area contributed by atoms with Gasteiger partial charge in [0.05, 0.1) is 6.54 Å². The number of aryl methyl sites for hydroxylation is 1. The summed E-state index contributed by atoms with van der Waals surface area (Å²) < 4.78 is 15.0. The smallest absolute Gasteiger partial charge is 0.231 e. The summed E-state index contributed by atoms with van der Waals surface area (Å²) in [7, 11) is 0. The minimum atomic E-state index is -0.377. The first-order valence-electron chi connectivity index (χ1n) is 6.42. The van der Waals surface area contributed by atoms with Crippen LogP contribution in [0.25, 0.3) is 5.69 Å². The van der Waals surface area contributed by atoms with Crippen molar-refractivity contribution in [2.75, 3.05) is 6.54 Å². The quantitative estimate of drug-likeness (QED) is 0.874. The van der Waals surface area contributed by atoms with Crippen molar-refractivity contribution in [3.63, 3.8) is 0 Å². The molecule has 1 aromatic carbocycles. The van der Waals surface area contributed by atoms with Gasteiger partial charge >= 0.3 is 0 Å². The van der Waals surface area contributed by atoms with Crippen LogP contribution in [0.3, 0.4) is 0 Å². The maximum absolute atomic E-state index is 13.0. The molecule has 2 rings (SSSR count). The predicted octanol–water partition coefficient (Wildman–Crippen LogP) is 1.81. The van der Waals surface area contributed by atoms with Gasteiger partial charge in [-0.3, -0.25) is 4.79 Å². The molecule has 0 unspecified atom stereocenters. The van der Waals surface area contributed by atoms with Gasteiger partial charge in [-0.15, -0.1) is 0 Å². The second-order valence-electron chi connectivity index (χ2n) is 4.78. The Morgan fingerprint density at radius 2 is 1.95 bits per heavy atom. The Kier molecular flexibility index (Phi) is 4.20. The highest BCUT2D eigenvalue weighted by Crippen LogP contribution is 2.20. The molecule has 0 radical (unpaired) electrons. The first kappa shape index (κ1) is 14.3. The number of carbonyl (C=O) groups is 1. The van der Waals surface area contributed by atoms with E-state index in [1.807, 2.05) is 19.9 Å². The summed E-state index contributed by atoms with van der Waals surface area (Å²) in [5.74, 6) is -0.628. The topological polar surface area (TPSA) is 60.0 Å². The highest BCUT2D eigenvalue weighted by molar-refractivity contribution is 5.75. The summed E-state index contributed by atoms with van der Waals surface area (Å²) in [6, 6.07) is 8.43. The standard InChI is InChI=1S/C15H18FN3O/c1-10-7-12(8-18-9-15(17)20)11(2)19(10)14-5-3-13(16)4-6-14/h3-7,18H,8-9H2,1-2H3,(H2,17,20). The molecule has 0 atom stereocenters. The molecule has 0 aliphatic heterocycles. The Labute approximate surface area is 117 Å². The van der Waals surface area contributed by atoms with E-state index in [2.05, 4.69) is 9.88 Å². The molecule has 0 fully saturated rings. The molecule has 5 heteroatoms. The number of amides is 1. The molecule has 0 aliphatic carbocycles. The first-order valence-corrected chi connectivity index (χ1v) is 6.42. The lowest BCUT2D eigenvalue weighted by molar-refractivity contribution is -0.117. The Bertz CT molecular complexity index is 617. The summed E-state index contributed by atoms with van der Waals surface area (Å²) in [5.41, 5.74) is 9.22. The van der Waals surface area contributed by atoms with Crippen LogP contribution in [0.4, 0.5) is 4.39 Å². The van der Waals surface area contributed by atoms with Gasteiger partial charge in [0, 0.05) is 23.6 Å². The van der Waals surface area contributed by atoms with Gasteiger partial charge in [0.1, 0.15) is 5.82 Å². The number of carbonyl (C=O) groups excluding carboxylic acids is 1. The summed E-state index contributed by atoms with van der Waals surface area (Å²) in [6.45, 7) is 4.72. The van der Waals surface area contributed by atoms with E-state index in [1.165, 1.54) is 12.1 Å². The van der Waals surface area contributed by atoms with Gasteiger partial charge in [-0.05, 0) is 49.7 Å². The van der Waals surface area contributed by atoms with Gasteiger partial charge < -0.3 is 15.6 Å². The van der Waals surface area contributed by atoms with Gasteiger partial charge in [-0.2, -0.15) is 0 Å². The number of hydrogen-bond acceptors (Lipinski definition) is 2. The number of nitrogens with one attached hydrogen (secondary N) is 1. The van der Waals surface area contributed by atoms with Crippen molar-refractivity contribution in [3.8, 4) is 5.69 Å². The third-order valence-electron chi connectivity index (χ3n) is 3.24. The number of hydrogen-bond donors (Lipinski definition) is 2. The van der Waals surface area contributed by atoms with Gasteiger partial charge in [0.25, 0.3) is 0 Å². The van der Waals surface area contributed by atoms with Crippen LogP contribution in [0, 0.1) is 19.7 Å². The molecule has 0 spiro atoms. The predicted molar refractivity (Wildman–Crippen MR) is 76.1 cm³/mol. The van der Waals surface area contributed by atoms with Crippen LogP contribution in [0.2, 0.25) is 0 Å². The van der Waals surface area contributed by atoms with Crippen molar-refractivity contribution in [2.45, 2.75) is 20.4 Å². The van der Waals surface area contributed by atoms with Crippen molar-refractivity contribution in [1.82, 2.24) is 9.88 Å². The van der Waals surface area contributed by atoms with E-state index in [-0.39, 0.29) is 18.3 Å². The van der Waals surface area contributed by atoms with Gasteiger partial charge in [0.2, 0.25) is 5.91 Å². The lowest BCUT2D eigenvalue weighted by atomic mass is 10.2. The number of aromatic nitrogens is 1. The van der Waals surface area contributed by atoms with Crippen LogP contribution in [-0.2, 0) is 11.3 Å². The third kappa shape index (κ3) is 3.05. The lowest BCUT2D eigenvalue weighted by Crippen LogP contribution is -2.28. The van der Waals surface area contributed by atoms with Gasteiger partial charge in [-0.1, -0.05) is 0 Å². The van der Waals surface area contributed by atoms with Crippen molar-refractivity contribution >= 4 is 5.91 Å². The zero-order chi connectivity index (χ0) is 14.7. The molecular weight excluding hydrogens is 257 g/mol. The highest BCUT2D eigenvalue weighted by atomic mass is 19.1. The molecule has 3 N–H and O–H groups in total. The molecule has 0 saturated heterocycles. The van der Waals surface area contributed by atoms with Crippen LogP contribution in [0.1, 0.15) is 17.0 Å². The number of benzene rings is 1. The monoisotopic (exact) mass is 275 g/mol. The number of rotatable bonds is 5. The SMILES string of the molecule is Cc1cc(CNCC(N)=O)c(C)n1-c1ccc(F)cc1. The number of primary amides is 1. The number of nitrogens with two attached hydrogens (primary N) is 1. The van der Waals surface area contributed by atoms with Gasteiger partial charge in [-0.25, -0.2) is 4.39 Å². The minimum Gasteiger partial charge on any atom is -0.369 e. The summed E-state index contributed by atoms with van der Waals surface area (Å²) in [4.78, 5) is 10.7. The molecule has 2 aromatic rings. The van der Waals surface area contributed by atoms with E-state index >= 15 is 0 Å². The molecular formula is C15H18FN3O. The summed E-state index contributed by atoms with van der Waals surface area (Å²) in [6.07, 6.45) is 0. The van der Waals surface area contributed by atoms with E-state index in [1.54, 1.807) is 12.1 Å². The normalized spacial score (nSPS) is 10.8. The first-order chi connectivity index (χ1) is 9.49. The van der Waals surface area contributed by atoms with Crippen LogP contribution >= 0.6 is 0 Å². The highest BCUT2D eigenvalue weighted by Gasteiger charge is 2.10. The zero-order valence-electron chi connectivity index (χ0n) is 11.6. The number of halogens is 1.